The predicted molar refractivity (Wildman–Crippen MR) is 77.5 cm³/mol. The highest BCUT2D eigenvalue weighted by Crippen LogP contribution is 2.18. The molecule has 5 nitrogen and oxygen atoms in total. The van der Waals surface area contributed by atoms with Crippen LogP contribution in [0.5, 0.6) is 0 Å². The molecule has 0 aromatic heterocycles. The summed E-state index contributed by atoms with van der Waals surface area (Å²) < 4.78 is 5.48. The zero-order chi connectivity index (χ0) is 14.4. The van der Waals surface area contributed by atoms with E-state index in [-0.39, 0.29) is 5.91 Å². The van der Waals surface area contributed by atoms with E-state index in [1.165, 1.54) is 0 Å². The third-order valence-corrected chi connectivity index (χ3v) is 4.34. The van der Waals surface area contributed by atoms with Gasteiger partial charge >= 0.3 is 0 Å². The standard InChI is InChI=1S/C15H28N2O3/c1-2-20-12-13-5-8-16(9-6-13)10-14(18)11-17-7-3-4-15(17)19/h13-14,18H,2-12H2,1H3. The fourth-order valence-corrected chi connectivity index (χ4v) is 3.13. The molecule has 1 N–H and O–H groups in total. The lowest BCUT2D eigenvalue weighted by molar-refractivity contribution is -0.129. The SMILES string of the molecule is CCOCC1CCN(CC(O)CN2CCCC2=O)CC1. The zero-order valence-corrected chi connectivity index (χ0v) is 12.6. The number of nitrogens with zero attached hydrogens (tertiary/aromatic N) is 2. The van der Waals surface area contributed by atoms with Crippen LogP contribution < -0.4 is 0 Å². The van der Waals surface area contributed by atoms with E-state index in [1.807, 2.05) is 6.92 Å². The average molecular weight is 284 g/mol. The fourth-order valence-electron chi connectivity index (χ4n) is 3.13. The highest BCUT2D eigenvalue weighted by atomic mass is 16.5. The molecular weight excluding hydrogens is 256 g/mol. The molecule has 1 atom stereocenters. The van der Waals surface area contributed by atoms with Crippen molar-refractivity contribution in [2.45, 2.75) is 38.7 Å². The summed E-state index contributed by atoms with van der Waals surface area (Å²) in [7, 11) is 0. The number of hydrogen-bond donors (Lipinski definition) is 1. The van der Waals surface area contributed by atoms with Crippen LogP contribution in [0, 0.1) is 5.92 Å². The summed E-state index contributed by atoms with van der Waals surface area (Å²) in [6.45, 7) is 7.75. The molecule has 0 aromatic rings. The molecule has 1 amide bonds. The Kier molecular flexibility index (Phi) is 6.26. The van der Waals surface area contributed by atoms with Gasteiger partial charge in [-0.05, 0) is 45.2 Å². The molecule has 0 aliphatic carbocycles. The second-order valence-corrected chi connectivity index (χ2v) is 6.00. The smallest absolute Gasteiger partial charge is 0.222 e. The van der Waals surface area contributed by atoms with Gasteiger partial charge in [0.2, 0.25) is 5.91 Å². The molecule has 0 spiro atoms. The van der Waals surface area contributed by atoms with Crippen molar-refractivity contribution >= 4 is 5.91 Å². The Labute approximate surface area is 121 Å². The highest BCUT2D eigenvalue weighted by molar-refractivity contribution is 5.78. The van der Waals surface area contributed by atoms with Crippen molar-refractivity contribution in [2.75, 3.05) is 45.9 Å². The third-order valence-electron chi connectivity index (χ3n) is 4.34. The van der Waals surface area contributed by atoms with E-state index < -0.39 is 6.10 Å². The summed E-state index contributed by atoms with van der Waals surface area (Å²) in [5.41, 5.74) is 0. The number of ether oxygens (including phenoxy) is 1. The first kappa shape index (κ1) is 15.7. The van der Waals surface area contributed by atoms with Gasteiger partial charge in [-0.2, -0.15) is 0 Å². The van der Waals surface area contributed by atoms with Gasteiger partial charge in [0.25, 0.3) is 0 Å². The van der Waals surface area contributed by atoms with Crippen LogP contribution in [0.2, 0.25) is 0 Å². The fraction of sp³-hybridized carbons (Fsp3) is 0.933. The van der Waals surface area contributed by atoms with Crippen LogP contribution in [0.25, 0.3) is 0 Å². The largest absolute Gasteiger partial charge is 0.390 e. The maximum Gasteiger partial charge on any atom is 0.222 e. The molecule has 2 fully saturated rings. The molecule has 2 aliphatic heterocycles. The van der Waals surface area contributed by atoms with Crippen LogP contribution >= 0.6 is 0 Å². The van der Waals surface area contributed by atoms with Crippen LogP contribution in [0.4, 0.5) is 0 Å². The molecule has 2 heterocycles. The van der Waals surface area contributed by atoms with Crippen LogP contribution in [-0.2, 0) is 9.53 Å². The molecular formula is C15H28N2O3. The minimum Gasteiger partial charge on any atom is -0.390 e. The Balaban J connectivity index is 1.63. The van der Waals surface area contributed by atoms with Crippen molar-refractivity contribution < 1.29 is 14.6 Å². The van der Waals surface area contributed by atoms with Gasteiger partial charge in [0.1, 0.15) is 0 Å². The number of β-amino-alcohol motifs (C(OH)–C–C–N with tert-alkyl or cyclic N) is 1. The lowest BCUT2D eigenvalue weighted by Crippen LogP contribution is -2.44. The van der Waals surface area contributed by atoms with Crippen molar-refractivity contribution in [3.05, 3.63) is 0 Å². The Bertz CT molecular complexity index is 303. The number of piperidine rings is 1. The van der Waals surface area contributed by atoms with Gasteiger partial charge in [-0.1, -0.05) is 0 Å². The zero-order valence-electron chi connectivity index (χ0n) is 12.6. The van der Waals surface area contributed by atoms with Crippen LogP contribution in [-0.4, -0.2) is 72.9 Å². The monoisotopic (exact) mass is 284 g/mol. The van der Waals surface area contributed by atoms with Crippen molar-refractivity contribution in [1.82, 2.24) is 9.80 Å². The van der Waals surface area contributed by atoms with Gasteiger partial charge in [-0.15, -0.1) is 0 Å². The van der Waals surface area contributed by atoms with Gasteiger partial charge in [-0.25, -0.2) is 0 Å². The molecule has 2 rings (SSSR count). The maximum atomic E-state index is 11.5. The number of aliphatic hydroxyl groups excluding tert-OH is 1. The Morgan fingerprint density at radius 3 is 2.65 bits per heavy atom. The molecule has 0 bridgehead atoms. The van der Waals surface area contributed by atoms with Crippen molar-refractivity contribution in [3.8, 4) is 0 Å². The number of carbonyl (C=O) groups is 1. The van der Waals surface area contributed by atoms with E-state index in [2.05, 4.69) is 4.90 Å². The molecule has 0 aromatic carbocycles. The Morgan fingerprint density at radius 2 is 2.05 bits per heavy atom. The predicted octanol–water partition coefficient (Wildman–Crippen LogP) is 0.718. The van der Waals surface area contributed by atoms with E-state index >= 15 is 0 Å². The topological polar surface area (TPSA) is 53.0 Å². The first-order chi connectivity index (χ1) is 9.69. The van der Waals surface area contributed by atoms with Gasteiger partial charge < -0.3 is 19.6 Å². The minimum absolute atomic E-state index is 0.194. The first-order valence-corrected chi connectivity index (χ1v) is 7.95. The van der Waals surface area contributed by atoms with Gasteiger partial charge in [0, 0.05) is 39.3 Å². The minimum atomic E-state index is -0.416. The second kappa shape index (κ2) is 7.96. The van der Waals surface area contributed by atoms with Crippen LogP contribution in [0.1, 0.15) is 32.6 Å². The molecule has 2 aliphatic rings. The van der Waals surface area contributed by atoms with Crippen molar-refractivity contribution in [1.29, 1.82) is 0 Å². The van der Waals surface area contributed by atoms with Gasteiger partial charge in [-0.3, -0.25) is 4.79 Å². The van der Waals surface area contributed by atoms with E-state index in [4.69, 9.17) is 4.74 Å². The number of aliphatic hydroxyl groups is 1. The highest BCUT2D eigenvalue weighted by Gasteiger charge is 2.25. The molecule has 0 saturated carbocycles. The lowest BCUT2D eigenvalue weighted by Gasteiger charge is -2.33. The summed E-state index contributed by atoms with van der Waals surface area (Å²) >= 11 is 0. The second-order valence-electron chi connectivity index (χ2n) is 6.00. The Hall–Kier alpha value is -0.650. The number of rotatable bonds is 7. The average Bonchev–Trinajstić information content (AvgIpc) is 2.83. The van der Waals surface area contributed by atoms with Crippen LogP contribution in [0.3, 0.4) is 0 Å². The number of likely N-dealkylation sites (tertiary alicyclic amines) is 2. The first-order valence-electron chi connectivity index (χ1n) is 7.95. The summed E-state index contributed by atoms with van der Waals surface area (Å²) in [4.78, 5) is 15.6. The lowest BCUT2D eigenvalue weighted by atomic mass is 9.97. The maximum absolute atomic E-state index is 11.5. The van der Waals surface area contributed by atoms with Gasteiger partial charge in [0.15, 0.2) is 0 Å². The summed E-state index contributed by atoms with van der Waals surface area (Å²) in [6, 6.07) is 0. The molecule has 2 saturated heterocycles. The number of carbonyl (C=O) groups excluding carboxylic acids is 1. The van der Waals surface area contributed by atoms with E-state index in [0.717, 1.165) is 52.1 Å². The van der Waals surface area contributed by atoms with E-state index in [0.29, 0.717) is 25.4 Å². The van der Waals surface area contributed by atoms with E-state index in [9.17, 15) is 9.90 Å². The molecule has 5 heteroatoms. The molecule has 1 unspecified atom stereocenters. The Morgan fingerprint density at radius 1 is 1.30 bits per heavy atom. The van der Waals surface area contributed by atoms with Crippen molar-refractivity contribution in [3.63, 3.8) is 0 Å². The van der Waals surface area contributed by atoms with Crippen molar-refractivity contribution in [2.24, 2.45) is 5.92 Å². The number of hydrogen-bond acceptors (Lipinski definition) is 4. The molecule has 0 radical (unpaired) electrons. The summed E-state index contributed by atoms with van der Waals surface area (Å²) in [5, 5.41) is 10.1. The normalized spacial score (nSPS) is 23.5. The van der Waals surface area contributed by atoms with Crippen LogP contribution in [0.15, 0.2) is 0 Å². The quantitative estimate of drug-likeness (QED) is 0.748. The van der Waals surface area contributed by atoms with Gasteiger partial charge in [0.05, 0.1) is 6.10 Å². The summed E-state index contributed by atoms with van der Waals surface area (Å²) in [6.07, 6.45) is 3.47. The number of amides is 1. The molecule has 116 valence electrons. The molecule has 20 heavy (non-hydrogen) atoms. The van der Waals surface area contributed by atoms with E-state index in [1.54, 1.807) is 4.90 Å². The summed E-state index contributed by atoms with van der Waals surface area (Å²) in [5.74, 6) is 0.864. The third kappa shape index (κ3) is 4.72.